The van der Waals surface area contributed by atoms with Crippen LogP contribution in [0.4, 0.5) is 8.78 Å². The summed E-state index contributed by atoms with van der Waals surface area (Å²) < 4.78 is 40.0. The van der Waals surface area contributed by atoms with Gasteiger partial charge in [0.25, 0.3) is 0 Å². The van der Waals surface area contributed by atoms with Gasteiger partial charge in [0.2, 0.25) is 0 Å². The first-order chi connectivity index (χ1) is 14.7. The number of rotatable bonds is 8. The van der Waals surface area contributed by atoms with Crippen LogP contribution in [0.5, 0.6) is 5.75 Å². The Hall–Kier alpha value is -2.18. The van der Waals surface area contributed by atoms with E-state index in [1.807, 2.05) is 0 Å². The normalized spacial score (nSPS) is 20.4. The lowest BCUT2D eigenvalue weighted by atomic mass is 9.83. The third-order valence-corrected chi connectivity index (χ3v) is 6.85. The summed E-state index contributed by atoms with van der Waals surface area (Å²) in [7, 11) is 0. The van der Waals surface area contributed by atoms with Gasteiger partial charge in [0.05, 0.1) is 5.56 Å². The molecule has 0 N–H and O–H groups in total. The predicted octanol–water partition coefficient (Wildman–Crippen LogP) is 4.53. The molecule has 0 heterocycles. The van der Waals surface area contributed by atoms with E-state index in [1.54, 1.807) is 12.1 Å². The lowest BCUT2D eigenvalue weighted by molar-refractivity contribution is -0.337. The fraction of sp³-hybridized carbons (Fsp3) is 0.667. The van der Waals surface area contributed by atoms with Gasteiger partial charge in [-0.1, -0.05) is 33.1 Å². The highest BCUT2D eigenvalue weighted by molar-refractivity contribution is 5.90. The lowest BCUT2D eigenvalue weighted by Crippen LogP contribution is -2.54. The molecule has 7 heteroatoms. The third kappa shape index (κ3) is 5.18. The fourth-order valence-corrected chi connectivity index (χ4v) is 4.87. The summed E-state index contributed by atoms with van der Waals surface area (Å²) in [6.07, 6.45) is 5.20. The van der Waals surface area contributed by atoms with Crippen LogP contribution in [0.3, 0.4) is 0 Å². The number of alkyl halides is 2. The Morgan fingerprint density at radius 1 is 1.03 bits per heavy atom. The van der Waals surface area contributed by atoms with Gasteiger partial charge in [-0.15, -0.1) is 0 Å². The van der Waals surface area contributed by atoms with Crippen molar-refractivity contribution in [1.29, 1.82) is 0 Å². The molecule has 2 saturated carbocycles. The quantitative estimate of drug-likeness (QED) is 0.559. The monoisotopic (exact) mass is 437 g/mol. The predicted molar refractivity (Wildman–Crippen MR) is 109 cm³/mol. The molecule has 0 amide bonds. The van der Waals surface area contributed by atoms with Crippen molar-refractivity contribution in [3.63, 3.8) is 0 Å². The molecule has 1 unspecified atom stereocenters. The molecule has 1 atom stereocenters. The maximum atomic E-state index is 14.3. The first kappa shape index (κ1) is 23.5. The van der Waals surface area contributed by atoms with Gasteiger partial charge in [0.15, 0.2) is 6.10 Å². The molecule has 172 valence electrons. The van der Waals surface area contributed by atoms with Crippen molar-refractivity contribution in [3.8, 4) is 5.75 Å². The minimum Gasteiger partial charge on any atom is -0.544 e. The average Bonchev–Trinajstić information content (AvgIpc) is 3.22. The van der Waals surface area contributed by atoms with E-state index in [-0.39, 0.29) is 11.2 Å². The maximum Gasteiger partial charge on any atom is 0.338 e. The van der Waals surface area contributed by atoms with Gasteiger partial charge in [-0.2, -0.15) is 8.78 Å². The van der Waals surface area contributed by atoms with Crippen LogP contribution in [-0.4, -0.2) is 29.6 Å². The van der Waals surface area contributed by atoms with Crippen LogP contribution in [0.15, 0.2) is 24.3 Å². The zero-order valence-electron chi connectivity index (χ0n) is 18.2. The van der Waals surface area contributed by atoms with Gasteiger partial charge in [0, 0.05) is 5.92 Å². The molecule has 0 bridgehead atoms. The topological polar surface area (TPSA) is 75.7 Å². The van der Waals surface area contributed by atoms with Crippen molar-refractivity contribution in [3.05, 3.63) is 29.8 Å². The van der Waals surface area contributed by atoms with Crippen LogP contribution in [-0.2, 0) is 9.53 Å². The molecule has 5 nitrogen and oxygen atoms in total. The molecular formula is C24H31F2O5-. The number of carbonyl (C=O) groups excluding carboxylic acids is 2. The minimum atomic E-state index is -4.24. The van der Waals surface area contributed by atoms with Crippen molar-refractivity contribution >= 4 is 11.9 Å². The number of halogens is 2. The van der Waals surface area contributed by atoms with Gasteiger partial charge in [-0.25, -0.2) is 4.79 Å². The number of carbonyl (C=O) groups is 2. The number of esters is 1. The molecule has 0 aromatic heterocycles. The van der Waals surface area contributed by atoms with Gasteiger partial charge >= 0.3 is 11.9 Å². The summed E-state index contributed by atoms with van der Waals surface area (Å²) in [5.74, 6) is -7.50. The highest BCUT2D eigenvalue weighted by Gasteiger charge is 2.48. The highest BCUT2D eigenvalue weighted by atomic mass is 19.3. The van der Waals surface area contributed by atoms with E-state index in [9.17, 15) is 23.5 Å². The van der Waals surface area contributed by atoms with E-state index in [2.05, 4.69) is 13.8 Å². The Bertz CT molecular complexity index is 763. The summed E-state index contributed by atoms with van der Waals surface area (Å²) in [4.78, 5) is 23.6. The Morgan fingerprint density at radius 2 is 1.61 bits per heavy atom. The van der Waals surface area contributed by atoms with Crippen molar-refractivity contribution in [2.75, 3.05) is 0 Å². The second kappa shape index (κ2) is 9.53. The number of carboxylic acids is 1. The molecule has 31 heavy (non-hydrogen) atoms. The van der Waals surface area contributed by atoms with E-state index in [1.165, 1.54) is 12.1 Å². The Kier molecular flexibility index (Phi) is 7.22. The molecule has 0 radical (unpaired) electrons. The Balaban J connectivity index is 1.72. The van der Waals surface area contributed by atoms with Crippen LogP contribution in [0.2, 0.25) is 0 Å². The molecule has 3 rings (SSSR count). The number of benzene rings is 1. The SMILES string of the molecule is CC(C)C1(Oc2ccc(C(=O)OC(C3CCCCC3)C(F)(F)C(=O)[O-])cc2)CCCC1. The molecule has 2 fully saturated rings. The van der Waals surface area contributed by atoms with Gasteiger partial charge < -0.3 is 19.4 Å². The van der Waals surface area contributed by atoms with E-state index >= 15 is 0 Å². The molecule has 0 spiro atoms. The summed E-state index contributed by atoms with van der Waals surface area (Å²) >= 11 is 0. The Labute approximate surface area is 182 Å². The van der Waals surface area contributed by atoms with E-state index in [0.29, 0.717) is 37.4 Å². The Morgan fingerprint density at radius 3 is 2.13 bits per heavy atom. The van der Waals surface area contributed by atoms with Crippen molar-refractivity contribution < 1.29 is 33.0 Å². The van der Waals surface area contributed by atoms with Crippen LogP contribution in [0.1, 0.15) is 82.0 Å². The largest absolute Gasteiger partial charge is 0.544 e. The van der Waals surface area contributed by atoms with Crippen molar-refractivity contribution in [2.45, 2.75) is 89.3 Å². The van der Waals surface area contributed by atoms with Crippen molar-refractivity contribution in [1.82, 2.24) is 0 Å². The summed E-state index contributed by atoms with van der Waals surface area (Å²) in [6, 6.07) is 6.20. The number of ether oxygens (including phenoxy) is 2. The average molecular weight is 438 g/mol. The smallest absolute Gasteiger partial charge is 0.338 e. The van der Waals surface area contributed by atoms with Crippen LogP contribution in [0, 0.1) is 11.8 Å². The van der Waals surface area contributed by atoms with Crippen LogP contribution in [0.25, 0.3) is 0 Å². The second-order valence-electron chi connectivity index (χ2n) is 9.19. The summed E-state index contributed by atoms with van der Waals surface area (Å²) in [6.45, 7) is 4.25. The standard InChI is InChI=1S/C24H32F2O5/c1-16(2)23(14-6-7-15-23)31-19-12-10-18(11-13-19)21(27)30-20(24(25,26)22(28)29)17-8-4-3-5-9-17/h10-13,16-17,20H,3-9,14-15H2,1-2H3,(H,28,29)/p-1. The number of carboxylic acid groups (broad SMARTS) is 1. The van der Waals surface area contributed by atoms with Crippen molar-refractivity contribution in [2.24, 2.45) is 11.8 Å². The fourth-order valence-electron chi connectivity index (χ4n) is 4.87. The van der Waals surface area contributed by atoms with Crippen LogP contribution < -0.4 is 9.84 Å². The minimum absolute atomic E-state index is 0.0762. The molecular weight excluding hydrogens is 406 g/mol. The highest BCUT2D eigenvalue weighted by Crippen LogP contribution is 2.40. The number of hydrogen-bond donors (Lipinski definition) is 0. The first-order valence-corrected chi connectivity index (χ1v) is 11.2. The van der Waals surface area contributed by atoms with Gasteiger partial charge in [-0.05, 0) is 68.7 Å². The molecule has 2 aliphatic rings. The first-order valence-electron chi connectivity index (χ1n) is 11.2. The summed E-state index contributed by atoms with van der Waals surface area (Å²) in [5, 5.41) is 11.0. The molecule has 1 aromatic carbocycles. The number of hydrogen-bond acceptors (Lipinski definition) is 5. The van der Waals surface area contributed by atoms with E-state index < -0.39 is 29.9 Å². The van der Waals surface area contributed by atoms with E-state index in [0.717, 1.165) is 32.1 Å². The van der Waals surface area contributed by atoms with Crippen LogP contribution >= 0.6 is 0 Å². The number of aliphatic carboxylic acids is 1. The van der Waals surface area contributed by atoms with Gasteiger partial charge in [0.1, 0.15) is 17.3 Å². The zero-order chi connectivity index (χ0) is 22.6. The molecule has 1 aromatic rings. The third-order valence-electron chi connectivity index (χ3n) is 6.85. The molecule has 0 saturated heterocycles. The summed E-state index contributed by atoms with van der Waals surface area (Å²) in [5.41, 5.74) is -0.155. The lowest BCUT2D eigenvalue weighted by Gasteiger charge is -2.35. The molecule has 2 aliphatic carbocycles. The maximum absolute atomic E-state index is 14.3. The molecule has 0 aliphatic heterocycles. The van der Waals surface area contributed by atoms with Gasteiger partial charge in [-0.3, -0.25) is 0 Å². The second-order valence-corrected chi connectivity index (χ2v) is 9.19. The van der Waals surface area contributed by atoms with E-state index in [4.69, 9.17) is 9.47 Å². The zero-order valence-corrected chi connectivity index (χ0v) is 18.2.